The molecule has 0 unspecified atom stereocenters. The summed E-state index contributed by atoms with van der Waals surface area (Å²) in [4.78, 5) is 24.5. The lowest BCUT2D eigenvalue weighted by Gasteiger charge is -2.12. The smallest absolute Gasteiger partial charge is 0.231 e. The standard InChI is InChI=1S/C20H15Cl5F2N2O2/c1-2-3-13(30)29-18-11(26)4-5-12(17(18)27)28-19(31)15-14(20(15,24)25)8-6-9(21)16(23)10(22)7-8/h4-7,14-15H,2-3H2,1H3,(H,28,31)(H,29,30)/t14-,15+/m0/s1. The van der Waals surface area contributed by atoms with Crippen molar-refractivity contribution >= 4 is 81.2 Å². The number of rotatable bonds is 6. The molecule has 0 aromatic heterocycles. The predicted molar refractivity (Wildman–Crippen MR) is 121 cm³/mol. The van der Waals surface area contributed by atoms with Gasteiger partial charge in [0.1, 0.15) is 15.8 Å². The summed E-state index contributed by atoms with van der Waals surface area (Å²) in [6, 6.07) is 4.95. The molecular weight excluding hydrogens is 515 g/mol. The zero-order chi connectivity index (χ0) is 23.1. The van der Waals surface area contributed by atoms with E-state index in [0.29, 0.717) is 12.0 Å². The Morgan fingerprint density at radius 2 is 1.68 bits per heavy atom. The molecule has 2 N–H and O–H groups in total. The largest absolute Gasteiger partial charge is 0.323 e. The number of halogens is 7. The summed E-state index contributed by atoms with van der Waals surface area (Å²) < 4.78 is 27.3. The van der Waals surface area contributed by atoms with Crippen LogP contribution in [0.1, 0.15) is 31.2 Å². The molecule has 1 aliphatic carbocycles. The fourth-order valence-corrected chi connectivity index (χ4v) is 4.67. The van der Waals surface area contributed by atoms with Gasteiger partial charge in [0, 0.05) is 12.3 Å². The molecule has 0 spiro atoms. The van der Waals surface area contributed by atoms with E-state index in [1.165, 1.54) is 12.1 Å². The Kier molecular flexibility index (Phi) is 7.28. The average molecular weight is 531 g/mol. The molecule has 4 nitrogen and oxygen atoms in total. The zero-order valence-electron chi connectivity index (χ0n) is 15.8. The Balaban J connectivity index is 1.83. The number of benzene rings is 2. The Bertz CT molecular complexity index is 1040. The van der Waals surface area contributed by atoms with Crippen molar-refractivity contribution in [1.82, 2.24) is 0 Å². The summed E-state index contributed by atoms with van der Waals surface area (Å²) in [6.07, 6.45) is 0.591. The van der Waals surface area contributed by atoms with Crippen molar-refractivity contribution in [2.45, 2.75) is 30.0 Å². The van der Waals surface area contributed by atoms with Gasteiger partial charge in [-0.05, 0) is 36.2 Å². The molecule has 1 fully saturated rings. The Hall–Kier alpha value is -1.31. The number of alkyl halides is 2. The third-order valence-electron chi connectivity index (χ3n) is 4.79. The van der Waals surface area contributed by atoms with Crippen molar-refractivity contribution in [3.8, 4) is 0 Å². The molecule has 0 aliphatic heterocycles. The molecule has 1 aliphatic rings. The number of carbonyl (C=O) groups is 2. The monoisotopic (exact) mass is 528 g/mol. The van der Waals surface area contributed by atoms with E-state index in [-0.39, 0.29) is 27.2 Å². The van der Waals surface area contributed by atoms with E-state index in [0.717, 1.165) is 12.1 Å². The summed E-state index contributed by atoms with van der Waals surface area (Å²) >= 11 is 30.6. The van der Waals surface area contributed by atoms with Gasteiger partial charge < -0.3 is 10.6 Å². The first-order valence-corrected chi connectivity index (χ1v) is 11.0. The summed E-state index contributed by atoms with van der Waals surface area (Å²) in [6.45, 7) is 1.75. The second kappa shape index (κ2) is 9.28. The quantitative estimate of drug-likeness (QED) is 0.307. The van der Waals surface area contributed by atoms with Crippen LogP contribution in [0.3, 0.4) is 0 Å². The molecule has 2 amide bonds. The number of nitrogens with one attached hydrogen (secondary N) is 2. The van der Waals surface area contributed by atoms with Gasteiger partial charge in [0.2, 0.25) is 11.8 Å². The van der Waals surface area contributed by atoms with Crippen LogP contribution in [0.25, 0.3) is 0 Å². The average Bonchev–Trinajstić information content (AvgIpc) is 3.27. The van der Waals surface area contributed by atoms with Crippen LogP contribution in [0, 0.1) is 17.6 Å². The van der Waals surface area contributed by atoms with E-state index in [4.69, 9.17) is 58.0 Å². The molecule has 2 atom stereocenters. The van der Waals surface area contributed by atoms with E-state index in [1.807, 2.05) is 0 Å². The fourth-order valence-electron chi connectivity index (χ4n) is 3.23. The molecule has 0 heterocycles. The van der Waals surface area contributed by atoms with Gasteiger partial charge in [0.15, 0.2) is 5.82 Å². The highest BCUT2D eigenvalue weighted by molar-refractivity contribution is 6.54. The van der Waals surface area contributed by atoms with Crippen molar-refractivity contribution in [2.24, 2.45) is 5.92 Å². The lowest BCUT2D eigenvalue weighted by molar-refractivity contribution is -0.117. The molecule has 166 valence electrons. The highest BCUT2D eigenvalue weighted by Gasteiger charge is 2.67. The van der Waals surface area contributed by atoms with Crippen molar-refractivity contribution in [3.63, 3.8) is 0 Å². The molecule has 1 saturated carbocycles. The van der Waals surface area contributed by atoms with Crippen molar-refractivity contribution in [1.29, 1.82) is 0 Å². The number of anilines is 2. The number of hydrogen-bond acceptors (Lipinski definition) is 2. The number of amides is 2. The van der Waals surface area contributed by atoms with Crippen LogP contribution in [0.15, 0.2) is 24.3 Å². The molecule has 0 radical (unpaired) electrons. The molecule has 0 bridgehead atoms. The van der Waals surface area contributed by atoms with Crippen LogP contribution >= 0.6 is 58.0 Å². The van der Waals surface area contributed by atoms with Crippen LogP contribution in [0.2, 0.25) is 15.1 Å². The minimum Gasteiger partial charge on any atom is -0.323 e. The number of carbonyl (C=O) groups excluding carboxylic acids is 2. The van der Waals surface area contributed by atoms with Crippen LogP contribution in [0.5, 0.6) is 0 Å². The molecule has 2 aromatic carbocycles. The van der Waals surface area contributed by atoms with Gasteiger partial charge in [-0.15, -0.1) is 23.2 Å². The summed E-state index contributed by atoms with van der Waals surface area (Å²) in [5.74, 6) is -5.00. The van der Waals surface area contributed by atoms with E-state index >= 15 is 0 Å². The molecule has 31 heavy (non-hydrogen) atoms. The molecular formula is C20H15Cl5F2N2O2. The maximum absolute atomic E-state index is 14.8. The maximum atomic E-state index is 14.8. The third-order valence-corrected chi connectivity index (χ3v) is 6.93. The van der Waals surface area contributed by atoms with Crippen LogP contribution in [-0.2, 0) is 9.59 Å². The summed E-state index contributed by atoms with van der Waals surface area (Å²) in [7, 11) is 0. The second-order valence-electron chi connectivity index (χ2n) is 7.00. The van der Waals surface area contributed by atoms with Gasteiger partial charge in [-0.3, -0.25) is 9.59 Å². The van der Waals surface area contributed by atoms with Gasteiger partial charge in [-0.1, -0.05) is 41.7 Å². The lowest BCUT2D eigenvalue weighted by Crippen LogP contribution is -2.19. The summed E-state index contributed by atoms with van der Waals surface area (Å²) in [5.41, 5.74) is -0.500. The van der Waals surface area contributed by atoms with E-state index < -0.39 is 45.3 Å². The highest BCUT2D eigenvalue weighted by atomic mass is 35.5. The first kappa shape index (κ1) is 24.3. The van der Waals surface area contributed by atoms with Crippen molar-refractivity contribution in [3.05, 3.63) is 56.5 Å². The van der Waals surface area contributed by atoms with Crippen LogP contribution < -0.4 is 10.6 Å². The lowest BCUT2D eigenvalue weighted by atomic mass is 10.1. The van der Waals surface area contributed by atoms with Gasteiger partial charge in [-0.2, -0.15) is 0 Å². The molecule has 3 rings (SSSR count). The topological polar surface area (TPSA) is 58.2 Å². The SMILES string of the molecule is CCCC(=O)Nc1c(F)ccc(NC(=O)[C@H]2[C@H](c3cc(Cl)c(Cl)c(Cl)c3)C2(Cl)Cl)c1F. The van der Waals surface area contributed by atoms with Crippen LogP contribution in [0.4, 0.5) is 20.2 Å². The van der Waals surface area contributed by atoms with Crippen molar-refractivity contribution < 1.29 is 18.4 Å². The highest BCUT2D eigenvalue weighted by Crippen LogP contribution is 2.65. The molecule has 11 heteroatoms. The van der Waals surface area contributed by atoms with Crippen LogP contribution in [-0.4, -0.2) is 16.1 Å². The van der Waals surface area contributed by atoms with Crippen molar-refractivity contribution in [2.75, 3.05) is 10.6 Å². The third kappa shape index (κ3) is 4.88. The van der Waals surface area contributed by atoms with Gasteiger partial charge >= 0.3 is 0 Å². The minimum absolute atomic E-state index is 0.0897. The Morgan fingerprint density at radius 1 is 1.06 bits per heavy atom. The first-order valence-electron chi connectivity index (χ1n) is 9.10. The minimum atomic E-state index is -1.50. The summed E-state index contributed by atoms with van der Waals surface area (Å²) in [5, 5.41) is 4.99. The van der Waals surface area contributed by atoms with Gasteiger partial charge in [0.05, 0.1) is 26.7 Å². The normalized spacial score (nSPS) is 19.1. The van der Waals surface area contributed by atoms with E-state index in [2.05, 4.69) is 10.6 Å². The first-order chi connectivity index (χ1) is 14.5. The Morgan fingerprint density at radius 3 is 2.26 bits per heavy atom. The van der Waals surface area contributed by atoms with E-state index in [1.54, 1.807) is 6.92 Å². The zero-order valence-corrected chi connectivity index (χ0v) is 19.6. The van der Waals surface area contributed by atoms with E-state index in [9.17, 15) is 18.4 Å². The predicted octanol–water partition coefficient (Wildman–Crippen LogP) is 7.19. The fraction of sp³-hybridized carbons (Fsp3) is 0.300. The molecule has 0 saturated heterocycles. The molecule has 2 aromatic rings. The maximum Gasteiger partial charge on any atom is 0.231 e. The second-order valence-corrected chi connectivity index (χ2v) is 9.64. The van der Waals surface area contributed by atoms with Gasteiger partial charge in [-0.25, -0.2) is 8.78 Å². The Labute approximate surface area is 202 Å². The number of hydrogen-bond donors (Lipinski definition) is 2. The van der Waals surface area contributed by atoms with Gasteiger partial charge in [0.25, 0.3) is 0 Å².